The van der Waals surface area contributed by atoms with Gasteiger partial charge in [-0.05, 0) is 24.1 Å². The summed E-state index contributed by atoms with van der Waals surface area (Å²) < 4.78 is 0. The number of benzene rings is 1. The van der Waals surface area contributed by atoms with E-state index in [0.717, 1.165) is 5.56 Å². The molecule has 66 valence electrons. The lowest BCUT2D eigenvalue weighted by molar-refractivity contribution is 0.832. The van der Waals surface area contributed by atoms with Crippen LogP contribution in [-0.2, 0) is 0 Å². The van der Waals surface area contributed by atoms with E-state index in [-0.39, 0.29) is 0 Å². The Morgan fingerprint density at radius 3 is 2.46 bits per heavy atom. The molecule has 0 saturated carbocycles. The van der Waals surface area contributed by atoms with E-state index in [2.05, 4.69) is 31.8 Å². The number of hydrogen-bond acceptors (Lipinski definition) is 0. The predicted octanol–water partition coefficient (Wildman–Crippen LogP) is 3.25. The van der Waals surface area contributed by atoms with Crippen LogP contribution in [0.15, 0.2) is 42.5 Å². The van der Waals surface area contributed by atoms with Crippen LogP contribution in [0.4, 0.5) is 0 Å². The van der Waals surface area contributed by atoms with Crippen molar-refractivity contribution in [3.8, 4) is 11.8 Å². The van der Waals surface area contributed by atoms with Gasteiger partial charge in [0.2, 0.25) is 0 Å². The van der Waals surface area contributed by atoms with Crippen LogP contribution in [0, 0.1) is 17.8 Å². The van der Waals surface area contributed by atoms with Crippen molar-refractivity contribution in [2.24, 2.45) is 5.92 Å². The third kappa shape index (κ3) is 4.18. The van der Waals surface area contributed by atoms with Crippen LogP contribution >= 0.6 is 0 Å². The van der Waals surface area contributed by atoms with E-state index >= 15 is 0 Å². The van der Waals surface area contributed by atoms with E-state index in [9.17, 15) is 0 Å². The molecular weight excluding hydrogens is 156 g/mol. The molecule has 0 aromatic heterocycles. The maximum atomic E-state index is 3.06. The fourth-order valence-electron chi connectivity index (χ4n) is 0.887. The number of allylic oxidation sites excluding steroid dienone is 2. The molecule has 1 rings (SSSR count). The lowest BCUT2D eigenvalue weighted by Crippen LogP contribution is -1.75. The summed E-state index contributed by atoms with van der Waals surface area (Å²) in [5.41, 5.74) is 1.07. The summed E-state index contributed by atoms with van der Waals surface area (Å²) in [7, 11) is 0. The Morgan fingerprint density at radius 1 is 1.15 bits per heavy atom. The van der Waals surface area contributed by atoms with Crippen molar-refractivity contribution in [3.63, 3.8) is 0 Å². The largest absolute Gasteiger partial charge is 0.0736 e. The van der Waals surface area contributed by atoms with Crippen LogP contribution in [0.5, 0.6) is 0 Å². The van der Waals surface area contributed by atoms with Crippen LogP contribution < -0.4 is 0 Å². The minimum absolute atomic E-state index is 0.574. The van der Waals surface area contributed by atoms with Gasteiger partial charge in [0.25, 0.3) is 0 Å². The predicted molar refractivity (Wildman–Crippen MR) is 57.3 cm³/mol. The average Bonchev–Trinajstić information content (AvgIpc) is 2.14. The second-order valence-corrected chi connectivity index (χ2v) is 3.24. The molecule has 0 spiro atoms. The lowest BCUT2D eigenvalue weighted by Gasteiger charge is -1.88. The molecule has 13 heavy (non-hydrogen) atoms. The summed E-state index contributed by atoms with van der Waals surface area (Å²) in [6.45, 7) is 4.28. The SMILES string of the molecule is CC(C)/C=C/C#Cc1ccccc1. The summed E-state index contributed by atoms with van der Waals surface area (Å²) in [5.74, 6) is 6.64. The van der Waals surface area contributed by atoms with Gasteiger partial charge in [0, 0.05) is 5.56 Å². The van der Waals surface area contributed by atoms with Crippen molar-refractivity contribution < 1.29 is 0 Å². The van der Waals surface area contributed by atoms with E-state index in [1.54, 1.807) is 0 Å². The monoisotopic (exact) mass is 170 g/mol. The molecule has 0 saturated heterocycles. The van der Waals surface area contributed by atoms with Gasteiger partial charge in [0.05, 0.1) is 0 Å². The second kappa shape index (κ2) is 5.22. The highest BCUT2D eigenvalue weighted by atomic mass is 13.9. The summed E-state index contributed by atoms with van der Waals surface area (Å²) in [4.78, 5) is 0. The quantitative estimate of drug-likeness (QED) is 0.567. The van der Waals surface area contributed by atoms with Crippen molar-refractivity contribution in [1.29, 1.82) is 0 Å². The Bertz CT molecular complexity index is 320. The van der Waals surface area contributed by atoms with E-state index in [1.807, 2.05) is 36.4 Å². The molecule has 0 atom stereocenters. The topological polar surface area (TPSA) is 0 Å². The van der Waals surface area contributed by atoms with Crippen LogP contribution in [0.2, 0.25) is 0 Å². The van der Waals surface area contributed by atoms with Crippen LogP contribution in [0.1, 0.15) is 19.4 Å². The van der Waals surface area contributed by atoms with Gasteiger partial charge in [-0.15, -0.1) is 0 Å². The fourth-order valence-corrected chi connectivity index (χ4v) is 0.887. The van der Waals surface area contributed by atoms with Crippen LogP contribution in [0.3, 0.4) is 0 Å². The van der Waals surface area contributed by atoms with E-state index in [1.165, 1.54) is 0 Å². The molecule has 0 N–H and O–H groups in total. The summed E-state index contributed by atoms with van der Waals surface area (Å²) in [6, 6.07) is 10.0. The van der Waals surface area contributed by atoms with Crippen molar-refractivity contribution in [1.82, 2.24) is 0 Å². The maximum Gasteiger partial charge on any atom is 0.0248 e. The zero-order valence-corrected chi connectivity index (χ0v) is 8.12. The van der Waals surface area contributed by atoms with Gasteiger partial charge in [-0.2, -0.15) is 0 Å². The zero-order chi connectivity index (χ0) is 9.52. The second-order valence-electron chi connectivity index (χ2n) is 3.24. The number of rotatable bonds is 1. The average molecular weight is 170 g/mol. The minimum Gasteiger partial charge on any atom is -0.0736 e. The Balaban J connectivity index is 2.59. The Morgan fingerprint density at radius 2 is 1.85 bits per heavy atom. The molecule has 0 aliphatic rings. The normalized spacial score (nSPS) is 10.1. The highest BCUT2D eigenvalue weighted by Crippen LogP contribution is 1.95. The zero-order valence-electron chi connectivity index (χ0n) is 8.12. The van der Waals surface area contributed by atoms with Crippen LogP contribution in [0.25, 0.3) is 0 Å². The van der Waals surface area contributed by atoms with Gasteiger partial charge in [-0.3, -0.25) is 0 Å². The highest BCUT2D eigenvalue weighted by Gasteiger charge is 1.81. The first kappa shape index (κ1) is 9.61. The number of hydrogen-bond donors (Lipinski definition) is 0. The smallest absolute Gasteiger partial charge is 0.0248 e. The summed E-state index contributed by atoms with van der Waals surface area (Å²) in [6.07, 6.45) is 4.01. The molecule has 0 nitrogen and oxygen atoms in total. The van der Waals surface area contributed by atoms with Gasteiger partial charge in [-0.25, -0.2) is 0 Å². The van der Waals surface area contributed by atoms with Crippen molar-refractivity contribution >= 4 is 0 Å². The third-order valence-electron chi connectivity index (χ3n) is 1.55. The highest BCUT2D eigenvalue weighted by molar-refractivity contribution is 5.36. The molecule has 1 aromatic carbocycles. The van der Waals surface area contributed by atoms with Gasteiger partial charge >= 0.3 is 0 Å². The fraction of sp³-hybridized carbons (Fsp3) is 0.231. The van der Waals surface area contributed by atoms with Crippen molar-refractivity contribution in [2.75, 3.05) is 0 Å². The van der Waals surface area contributed by atoms with Crippen LogP contribution in [-0.4, -0.2) is 0 Å². The molecule has 0 fully saturated rings. The summed E-state index contributed by atoms with van der Waals surface area (Å²) in [5, 5.41) is 0. The third-order valence-corrected chi connectivity index (χ3v) is 1.55. The van der Waals surface area contributed by atoms with E-state index in [0.29, 0.717) is 5.92 Å². The molecule has 0 aliphatic heterocycles. The van der Waals surface area contributed by atoms with Gasteiger partial charge in [0.15, 0.2) is 0 Å². The van der Waals surface area contributed by atoms with Gasteiger partial charge < -0.3 is 0 Å². The van der Waals surface area contributed by atoms with Crippen molar-refractivity contribution in [3.05, 3.63) is 48.0 Å². The molecule has 0 radical (unpaired) electrons. The Labute approximate surface area is 80.3 Å². The molecule has 0 heterocycles. The molecular formula is C13H14. The van der Waals surface area contributed by atoms with Gasteiger partial charge in [-0.1, -0.05) is 50.0 Å². The summed E-state index contributed by atoms with van der Waals surface area (Å²) >= 11 is 0. The lowest BCUT2D eigenvalue weighted by atomic mass is 10.2. The molecule has 0 amide bonds. The molecule has 0 aliphatic carbocycles. The minimum atomic E-state index is 0.574. The van der Waals surface area contributed by atoms with E-state index < -0.39 is 0 Å². The first-order chi connectivity index (χ1) is 6.29. The molecule has 1 aromatic rings. The first-order valence-corrected chi connectivity index (χ1v) is 4.52. The molecule has 0 bridgehead atoms. The standard InChI is InChI=1S/C13H14/c1-12(2)8-6-7-11-13-9-4-3-5-10-13/h3-6,8-10,12H,1-2H3/b8-6+. The first-order valence-electron chi connectivity index (χ1n) is 4.52. The molecule has 0 heteroatoms. The van der Waals surface area contributed by atoms with Crippen molar-refractivity contribution in [2.45, 2.75) is 13.8 Å². The maximum absolute atomic E-state index is 3.06. The Hall–Kier alpha value is -1.48. The van der Waals surface area contributed by atoms with E-state index in [4.69, 9.17) is 0 Å². The van der Waals surface area contributed by atoms with Gasteiger partial charge in [0.1, 0.15) is 0 Å². The Kier molecular flexibility index (Phi) is 3.85. The molecule has 0 unspecified atom stereocenters.